The second kappa shape index (κ2) is 40.1. The average Bonchev–Trinajstić information content (AvgIpc) is 3.26. The first-order valence-electron chi connectivity index (χ1n) is 25.5. The summed E-state index contributed by atoms with van der Waals surface area (Å²) in [6.07, 6.45) is 30.9. The van der Waals surface area contributed by atoms with Crippen molar-refractivity contribution in [3.8, 4) is 0 Å². The number of benzene rings is 1. The SMILES string of the molecule is CCCCCCCCCCCCCCCCC(OCC)(OCC)C(OCC)(OCC)[N+](OCC)(OCC)OCC.CCCCCCCCCCCCOS(=O)(=O)c1ccccc1. The highest BCUT2D eigenvalue weighted by Crippen LogP contribution is 2.46. The molecule has 12 heteroatoms. The maximum absolute atomic E-state index is 11.9. The van der Waals surface area contributed by atoms with Gasteiger partial charge in [0.2, 0.25) is 0 Å². The van der Waals surface area contributed by atoms with E-state index >= 15 is 0 Å². The van der Waals surface area contributed by atoms with Crippen LogP contribution < -0.4 is 0 Å². The van der Waals surface area contributed by atoms with Crippen molar-refractivity contribution < 1.29 is 51.0 Å². The van der Waals surface area contributed by atoms with Crippen molar-refractivity contribution in [2.75, 3.05) is 52.9 Å². The summed E-state index contributed by atoms with van der Waals surface area (Å²) in [5, 5.41) is 0. The van der Waals surface area contributed by atoms with Gasteiger partial charge in [0.15, 0.2) is 4.97 Å². The second-order valence-corrected chi connectivity index (χ2v) is 17.6. The molecule has 62 heavy (non-hydrogen) atoms. The Morgan fingerprint density at radius 1 is 0.419 bits per heavy atom. The molecule has 0 unspecified atom stereocenters. The molecule has 0 amide bonds. The van der Waals surface area contributed by atoms with Crippen molar-refractivity contribution in [1.82, 2.24) is 0 Å². The van der Waals surface area contributed by atoms with Crippen LogP contribution in [0.2, 0.25) is 0 Å². The topological polar surface area (TPSA) is 108 Å². The number of ether oxygens (including phenoxy) is 4. The third kappa shape index (κ3) is 24.4. The second-order valence-electron chi connectivity index (χ2n) is 15.9. The number of hydroxylamine groups is 3. The molecule has 1 rings (SSSR count). The lowest BCUT2D eigenvalue weighted by Gasteiger charge is -2.50. The van der Waals surface area contributed by atoms with Crippen LogP contribution in [0.5, 0.6) is 0 Å². The van der Waals surface area contributed by atoms with Gasteiger partial charge in [0.05, 0.1) is 24.7 Å². The van der Waals surface area contributed by atoms with Gasteiger partial charge >= 0.3 is 5.91 Å². The van der Waals surface area contributed by atoms with Gasteiger partial charge in [-0.15, -0.1) is 14.5 Å². The molecule has 0 spiro atoms. The smallest absolute Gasteiger partial charge is 0.340 e. The summed E-state index contributed by atoms with van der Waals surface area (Å²) < 4.78 is 54.7. The number of nitrogens with zero attached hydrogens (tertiary/aromatic N) is 1. The highest BCUT2D eigenvalue weighted by molar-refractivity contribution is 7.86. The zero-order valence-corrected chi connectivity index (χ0v) is 42.5. The Bertz CT molecular complexity index is 1180. The lowest BCUT2D eigenvalue weighted by molar-refractivity contribution is -1.42. The van der Waals surface area contributed by atoms with E-state index in [1.165, 1.54) is 128 Å². The van der Waals surface area contributed by atoms with Crippen molar-refractivity contribution >= 4 is 10.1 Å². The van der Waals surface area contributed by atoms with Crippen molar-refractivity contribution in [3.63, 3.8) is 0 Å². The van der Waals surface area contributed by atoms with Crippen molar-refractivity contribution in [2.45, 2.75) is 239 Å². The molecule has 0 atom stereocenters. The monoisotopic (exact) mass is 905 g/mol. The summed E-state index contributed by atoms with van der Waals surface area (Å²) in [6, 6.07) is 8.33. The number of hydrogen-bond acceptors (Lipinski definition) is 10. The lowest BCUT2D eigenvalue weighted by Crippen LogP contribution is -2.77. The Balaban J connectivity index is 0.00000142. The highest BCUT2D eigenvalue weighted by atomic mass is 32.2. The number of quaternary nitrogens is 1. The fourth-order valence-electron chi connectivity index (χ4n) is 7.85. The van der Waals surface area contributed by atoms with Gasteiger partial charge in [0, 0.05) is 19.6 Å². The van der Waals surface area contributed by atoms with Crippen LogP contribution in [0.1, 0.15) is 223 Å². The van der Waals surface area contributed by atoms with Gasteiger partial charge in [-0.05, 0) is 73.4 Å². The molecule has 0 aliphatic carbocycles. The predicted molar refractivity (Wildman–Crippen MR) is 253 cm³/mol. The molecular weight excluding hydrogens is 807 g/mol. The molecule has 0 saturated heterocycles. The van der Waals surface area contributed by atoms with Gasteiger partial charge in [-0.2, -0.15) is 8.42 Å². The first-order chi connectivity index (χ1) is 30.2. The van der Waals surface area contributed by atoms with Crippen LogP contribution in [0, 0.1) is 0 Å². The van der Waals surface area contributed by atoms with Crippen LogP contribution in [0.25, 0.3) is 0 Å². The van der Waals surface area contributed by atoms with Crippen LogP contribution in [-0.2, 0) is 47.8 Å². The molecule has 0 saturated carbocycles. The van der Waals surface area contributed by atoms with E-state index in [9.17, 15) is 8.42 Å². The molecule has 368 valence electrons. The van der Waals surface area contributed by atoms with Gasteiger partial charge in [-0.3, -0.25) is 13.7 Å². The number of unbranched alkanes of at least 4 members (excludes halogenated alkanes) is 22. The first-order valence-corrected chi connectivity index (χ1v) is 26.9. The Kier molecular flexibility index (Phi) is 39.3. The van der Waals surface area contributed by atoms with E-state index in [0.29, 0.717) is 52.7 Å². The highest BCUT2D eigenvalue weighted by Gasteiger charge is 2.76. The molecule has 11 nitrogen and oxygen atoms in total. The third-order valence-electron chi connectivity index (χ3n) is 10.8. The number of rotatable bonds is 44. The Hall–Kier alpha value is -1.19. The van der Waals surface area contributed by atoms with E-state index < -0.39 is 26.8 Å². The maximum Gasteiger partial charge on any atom is 0.471 e. The largest absolute Gasteiger partial charge is 0.471 e. The van der Waals surface area contributed by atoms with Crippen LogP contribution in [0.3, 0.4) is 0 Å². The molecular formula is C50H98NO10S+. The van der Waals surface area contributed by atoms with Gasteiger partial charge in [-0.25, -0.2) is 0 Å². The number of hydrogen-bond donors (Lipinski definition) is 0. The van der Waals surface area contributed by atoms with Crippen LogP contribution >= 0.6 is 0 Å². The molecule has 1 aromatic rings. The zero-order chi connectivity index (χ0) is 46.1. The lowest BCUT2D eigenvalue weighted by atomic mass is 10.0. The van der Waals surface area contributed by atoms with E-state index in [-0.39, 0.29) is 11.5 Å². The summed E-state index contributed by atoms with van der Waals surface area (Å²) in [7, 11) is -3.57. The summed E-state index contributed by atoms with van der Waals surface area (Å²) in [4.78, 5) is 18.0. The molecule has 1 aromatic carbocycles. The normalized spacial score (nSPS) is 12.5. The molecule has 0 aliphatic rings. The third-order valence-corrected chi connectivity index (χ3v) is 12.1. The Labute approximate surface area is 382 Å². The van der Waals surface area contributed by atoms with Gasteiger partial charge in [-0.1, -0.05) is 173 Å². The minimum atomic E-state index is -3.57. The van der Waals surface area contributed by atoms with E-state index in [4.69, 9.17) is 37.6 Å². The summed E-state index contributed by atoms with van der Waals surface area (Å²) in [6.45, 7) is 20.6. The summed E-state index contributed by atoms with van der Waals surface area (Å²) in [5.41, 5.74) is 0. The van der Waals surface area contributed by atoms with Gasteiger partial charge in [0.25, 0.3) is 15.9 Å². The van der Waals surface area contributed by atoms with E-state index in [0.717, 1.165) is 25.7 Å². The Morgan fingerprint density at radius 2 is 0.758 bits per heavy atom. The molecule has 0 aliphatic heterocycles. The summed E-state index contributed by atoms with van der Waals surface area (Å²) in [5.74, 6) is -2.96. The standard InChI is InChI=1S/C32H68NO7.C18H30O3S/c1-9-17-18-19-20-21-22-23-24-25-26-27-28-29-30-31(34-10-2,35-11-3)32(36-12-4,37-13-5)33(38-14-6,39-15-7)40-16-8;1-2-3-4-5-6-7-8-9-10-14-17-21-22(19,20)18-15-12-11-13-16-18/h9-30H2,1-8H3;11-13,15-16H,2-10,14,17H2,1H3/q+1;. The predicted octanol–water partition coefficient (Wildman–Crippen LogP) is 14.3. The first kappa shape index (κ1) is 60.8. The molecule has 0 fully saturated rings. The quantitative estimate of drug-likeness (QED) is 0.0206. The summed E-state index contributed by atoms with van der Waals surface area (Å²) >= 11 is 0. The van der Waals surface area contributed by atoms with Crippen LogP contribution in [0.4, 0.5) is 0 Å². The Morgan fingerprint density at radius 3 is 1.10 bits per heavy atom. The fourth-order valence-corrected chi connectivity index (χ4v) is 8.82. The molecule has 0 bridgehead atoms. The minimum absolute atomic E-state index is 0.238. The molecule has 0 N–H and O–H groups in total. The van der Waals surface area contributed by atoms with E-state index in [1.807, 2.05) is 48.5 Å². The van der Waals surface area contributed by atoms with Crippen molar-refractivity contribution in [2.24, 2.45) is 0 Å². The maximum atomic E-state index is 11.9. The zero-order valence-electron chi connectivity index (χ0n) is 41.7. The van der Waals surface area contributed by atoms with Gasteiger partial charge < -0.3 is 9.47 Å². The van der Waals surface area contributed by atoms with Crippen LogP contribution in [0.15, 0.2) is 35.2 Å². The van der Waals surface area contributed by atoms with Gasteiger partial charge in [0.1, 0.15) is 19.8 Å². The fraction of sp³-hybridized carbons (Fsp3) is 0.880. The van der Waals surface area contributed by atoms with E-state index in [2.05, 4.69) is 13.8 Å². The molecule has 0 aromatic heterocycles. The van der Waals surface area contributed by atoms with Crippen molar-refractivity contribution in [1.29, 1.82) is 0 Å². The van der Waals surface area contributed by atoms with Crippen LogP contribution in [-0.4, -0.2) is 77.9 Å². The molecule has 0 heterocycles. The average molecular weight is 905 g/mol. The minimum Gasteiger partial charge on any atom is -0.340 e. The van der Waals surface area contributed by atoms with E-state index in [1.54, 1.807) is 30.3 Å². The van der Waals surface area contributed by atoms with Crippen molar-refractivity contribution in [3.05, 3.63) is 30.3 Å². The molecule has 0 radical (unpaired) electrons.